The highest BCUT2D eigenvalue weighted by Gasteiger charge is 2.25. The van der Waals surface area contributed by atoms with E-state index in [0.29, 0.717) is 27.0 Å². The fourth-order valence-corrected chi connectivity index (χ4v) is 2.88. The number of ether oxygens (including phenoxy) is 1. The van der Waals surface area contributed by atoms with E-state index < -0.39 is 11.9 Å². The zero-order valence-corrected chi connectivity index (χ0v) is 14.9. The van der Waals surface area contributed by atoms with E-state index in [9.17, 15) is 14.0 Å². The van der Waals surface area contributed by atoms with Gasteiger partial charge in [-0.05, 0) is 51.5 Å². The summed E-state index contributed by atoms with van der Waals surface area (Å²) in [5, 5.41) is 0. The van der Waals surface area contributed by atoms with E-state index in [1.165, 1.54) is 19.1 Å². The Bertz CT molecular complexity index is 782. The van der Waals surface area contributed by atoms with E-state index in [2.05, 4.69) is 20.9 Å². The molecule has 23 heavy (non-hydrogen) atoms. The largest absolute Gasteiger partial charge is 0.479 e. The van der Waals surface area contributed by atoms with Crippen LogP contribution in [-0.2, 0) is 0 Å². The van der Waals surface area contributed by atoms with Crippen molar-refractivity contribution in [2.45, 2.75) is 33.8 Å². The van der Waals surface area contributed by atoms with Crippen molar-refractivity contribution in [2.24, 2.45) is 0 Å². The van der Waals surface area contributed by atoms with E-state index in [-0.39, 0.29) is 17.3 Å². The van der Waals surface area contributed by atoms with Crippen molar-refractivity contribution in [2.75, 3.05) is 0 Å². The third kappa shape index (κ3) is 3.52. The topological polar surface area (TPSA) is 59.2 Å². The molecular weight excluding hydrogens is 365 g/mol. The van der Waals surface area contributed by atoms with Gasteiger partial charge in [0.05, 0.1) is 5.69 Å². The Hall–Kier alpha value is -1.95. The molecule has 0 amide bonds. The highest BCUT2D eigenvalue weighted by molar-refractivity contribution is 9.10. The summed E-state index contributed by atoms with van der Waals surface area (Å²) in [5.41, 5.74) is 2.06. The van der Waals surface area contributed by atoms with Crippen LogP contribution >= 0.6 is 15.9 Å². The summed E-state index contributed by atoms with van der Waals surface area (Å²) in [4.78, 5) is 27.1. The first-order valence-electron chi connectivity index (χ1n) is 7.08. The van der Waals surface area contributed by atoms with Gasteiger partial charge in [-0.15, -0.1) is 0 Å². The van der Waals surface area contributed by atoms with Crippen LogP contribution in [0.25, 0.3) is 0 Å². The van der Waals surface area contributed by atoms with Crippen molar-refractivity contribution in [3.05, 3.63) is 51.0 Å². The Morgan fingerprint density at radius 3 is 2.48 bits per heavy atom. The standard InChI is InChI=1S/C17H17BrFNO3/c1-8-15(10(3)21)9(2)20-16(8)17(22)11(4)23-14-6-5-12(18)7-13(14)19/h5-7,11,20H,1-4H3/t11-/m0/s1. The van der Waals surface area contributed by atoms with Gasteiger partial charge in [0, 0.05) is 15.7 Å². The summed E-state index contributed by atoms with van der Waals surface area (Å²) in [6.07, 6.45) is -0.887. The first kappa shape index (κ1) is 17.4. The lowest BCUT2D eigenvalue weighted by molar-refractivity contribution is 0.0806. The molecule has 0 aliphatic rings. The fraction of sp³-hybridized carbons (Fsp3) is 0.294. The summed E-state index contributed by atoms with van der Waals surface area (Å²) < 4.78 is 19.8. The lowest BCUT2D eigenvalue weighted by atomic mass is 10.0. The minimum Gasteiger partial charge on any atom is -0.479 e. The Morgan fingerprint density at radius 1 is 1.30 bits per heavy atom. The Labute approximate surface area is 142 Å². The minimum absolute atomic E-state index is 0.00164. The van der Waals surface area contributed by atoms with Crippen LogP contribution in [0.5, 0.6) is 5.75 Å². The first-order valence-corrected chi connectivity index (χ1v) is 7.87. The smallest absolute Gasteiger partial charge is 0.219 e. The second-order valence-corrected chi connectivity index (χ2v) is 6.30. The number of nitrogens with one attached hydrogen (secondary N) is 1. The number of halogens is 2. The molecule has 1 N–H and O–H groups in total. The normalized spacial score (nSPS) is 12.1. The number of H-pyrrole nitrogens is 1. The van der Waals surface area contributed by atoms with E-state index in [0.717, 1.165) is 0 Å². The van der Waals surface area contributed by atoms with Gasteiger partial charge in [0.15, 0.2) is 23.5 Å². The lowest BCUT2D eigenvalue weighted by Crippen LogP contribution is -2.25. The predicted molar refractivity (Wildman–Crippen MR) is 88.8 cm³/mol. The minimum atomic E-state index is -0.887. The molecule has 0 fully saturated rings. The average molecular weight is 382 g/mol. The van der Waals surface area contributed by atoms with E-state index in [4.69, 9.17) is 4.74 Å². The molecule has 1 aromatic heterocycles. The quantitative estimate of drug-likeness (QED) is 0.781. The van der Waals surface area contributed by atoms with Gasteiger partial charge >= 0.3 is 0 Å². The molecule has 0 radical (unpaired) electrons. The molecule has 0 aliphatic carbocycles. The monoisotopic (exact) mass is 381 g/mol. The molecule has 0 aliphatic heterocycles. The zero-order valence-electron chi connectivity index (χ0n) is 13.3. The maximum absolute atomic E-state index is 13.8. The van der Waals surface area contributed by atoms with Crippen LogP contribution in [-0.4, -0.2) is 22.7 Å². The van der Waals surface area contributed by atoms with Gasteiger partial charge in [0.1, 0.15) is 0 Å². The number of hydrogen-bond donors (Lipinski definition) is 1. The molecule has 1 heterocycles. The Kier molecular flexibility index (Phi) is 5.04. The number of ketones is 2. The number of aromatic nitrogens is 1. The number of benzene rings is 1. The van der Waals surface area contributed by atoms with Crippen LogP contribution in [0.1, 0.15) is 46.0 Å². The van der Waals surface area contributed by atoms with Crippen LogP contribution in [0.2, 0.25) is 0 Å². The van der Waals surface area contributed by atoms with Gasteiger partial charge in [0.2, 0.25) is 5.78 Å². The van der Waals surface area contributed by atoms with Crippen molar-refractivity contribution in [1.82, 2.24) is 4.98 Å². The Morgan fingerprint density at radius 2 is 1.96 bits per heavy atom. The van der Waals surface area contributed by atoms with Crippen molar-refractivity contribution in [3.63, 3.8) is 0 Å². The summed E-state index contributed by atoms with van der Waals surface area (Å²) in [6, 6.07) is 4.36. The van der Waals surface area contributed by atoms with Gasteiger partial charge in [-0.25, -0.2) is 4.39 Å². The van der Waals surface area contributed by atoms with Crippen molar-refractivity contribution in [1.29, 1.82) is 0 Å². The number of hydrogen-bond acceptors (Lipinski definition) is 3. The maximum Gasteiger partial charge on any atom is 0.219 e. The number of carbonyl (C=O) groups is 2. The van der Waals surface area contributed by atoms with Gasteiger partial charge in [-0.3, -0.25) is 9.59 Å². The average Bonchev–Trinajstić information content (AvgIpc) is 2.76. The van der Waals surface area contributed by atoms with Crippen LogP contribution in [0, 0.1) is 19.7 Å². The summed E-state index contributed by atoms with van der Waals surface area (Å²) in [6.45, 7) is 6.45. The van der Waals surface area contributed by atoms with Gasteiger partial charge in [-0.1, -0.05) is 15.9 Å². The molecule has 4 nitrogen and oxygen atoms in total. The second kappa shape index (κ2) is 6.66. The zero-order chi connectivity index (χ0) is 17.3. The molecule has 0 bridgehead atoms. The molecule has 1 atom stereocenters. The molecule has 0 saturated heterocycles. The number of Topliss-reactive ketones (excluding diaryl/α,β-unsaturated/α-hetero) is 2. The molecule has 2 rings (SSSR count). The highest BCUT2D eigenvalue weighted by atomic mass is 79.9. The number of rotatable bonds is 5. The molecule has 0 unspecified atom stereocenters. The van der Waals surface area contributed by atoms with E-state index >= 15 is 0 Å². The van der Waals surface area contributed by atoms with Crippen LogP contribution in [0.15, 0.2) is 22.7 Å². The predicted octanol–water partition coefficient (Wildman–Crippen LogP) is 4.39. The second-order valence-electron chi connectivity index (χ2n) is 5.38. The molecule has 2 aromatic rings. The third-order valence-electron chi connectivity index (χ3n) is 3.60. The number of aromatic amines is 1. The third-order valence-corrected chi connectivity index (χ3v) is 4.10. The van der Waals surface area contributed by atoms with Crippen molar-refractivity contribution in [3.8, 4) is 5.75 Å². The summed E-state index contributed by atoms with van der Waals surface area (Å²) in [7, 11) is 0. The molecule has 0 saturated carbocycles. The fourth-order valence-electron chi connectivity index (χ4n) is 2.54. The lowest BCUT2D eigenvalue weighted by Gasteiger charge is -2.14. The van der Waals surface area contributed by atoms with Gasteiger partial charge in [0.25, 0.3) is 0 Å². The van der Waals surface area contributed by atoms with Gasteiger partial charge in [-0.2, -0.15) is 0 Å². The highest BCUT2D eigenvalue weighted by Crippen LogP contribution is 2.24. The Balaban J connectivity index is 2.27. The molecular formula is C17H17BrFNO3. The SMILES string of the molecule is CC(=O)c1c(C)[nH]c(C(=O)[C@H](C)Oc2ccc(Br)cc2F)c1C. The summed E-state index contributed by atoms with van der Waals surface area (Å²) in [5.74, 6) is -0.993. The van der Waals surface area contributed by atoms with Gasteiger partial charge < -0.3 is 9.72 Å². The van der Waals surface area contributed by atoms with Crippen molar-refractivity contribution >= 4 is 27.5 Å². The molecule has 6 heteroatoms. The van der Waals surface area contributed by atoms with Crippen LogP contribution in [0.4, 0.5) is 4.39 Å². The first-order chi connectivity index (χ1) is 10.7. The van der Waals surface area contributed by atoms with Crippen molar-refractivity contribution < 1.29 is 18.7 Å². The molecule has 1 aromatic carbocycles. The molecule has 0 spiro atoms. The number of carbonyl (C=O) groups excluding carboxylic acids is 2. The summed E-state index contributed by atoms with van der Waals surface area (Å²) >= 11 is 3.16. The van der Waals surface area contributed by atoms with E-state index in [1.807, 2.05) is 0 Å². The van der Waals surface area contributed by atoms with Crippen LogP contribution in [0.3, 0.4) is 0 Å². The maximum atomic E-state index is 13.8. The number of aryl methyl sites for hydroxylation is 1. The molecule has 122 valence electrons. The van der Waals surface area contributed by atoms with Crippen LogP contribution < -0.4 is 4.74 Å². The van der Waals surface area contributed by atoms with E-state index in [1.54, 1.807) is 26.8 Å².